The molecular weight excluding hydrogens is 603 g/mol. The first-order valence-corrected chi connectivity index (χ1v) is 13.8. The molecule has 1 fully saturated rings. The van der Waals surface area contributed by atoms with Crippen molar-refractivity contribution >= 4 is 34.9 Å². The Kier molecular flexibility index (Phi) is 9.73. The van der Waals surface area contributed by atoms with E-state index < -0.39 is 61.0 Å². The van der Waals surface area contributed by atoms with Crippen molar-refractivity contribution in [1.29, 1.82) is 0 Å². The third-order valence-corrected chi connectivity index (χ3v) is 6.89. The van der Waals surface area contributed by atoms with Crippen molar-refractivity contribution < 1.29 is 38.8 Å². The summed E-state index contributed by atoms with van der Waals surface area (Å²) in [7, 11) is 0. The first-order chi connectivity index (χ1) is 22.2. The van der Waals surface area contributed by atoms with Gasteiger partial charge >= 0.3 is 6.03 Å². The summed E-state index contributed by atoms with van der Waals surface area (Å²) >= 11 is 0. The largest absolute Gasteiger partial charge is 0.394 e. The molecule has 0 saturated carbocycles. The maximum absolute atomic E-state index is 13.8. The van der Waals surface area contributed by atoms with Gasteiger partial charge in [-0.25, -0.2) is 23.8 Å². The number of fused-ring (bicyclic) bond motifs is 1. The summed E-state index contributed by atoms with van der Waals surface area (Å²) in [5.74, 6) is -2.10. The minimum absolute atomic E-state index is 0.00887. The van der Waals surface area contributed by atoms with Gasteiger partial charge < -0.3 is 41.7 Å². The number of rotatable bonds is 6. The number of anilines is 2. The molecule has 8 N–H and O–H groups in total. The van der Waals surface area contributed by atoms with E-state index in [4.69, 9.17) is 15.6 Å². The number of hydrogen-bond donors (Lipinski definition) is 7. The maximum atomic E-state index is 13.8. The van der Waals surface area contributed by atoms with Gasteiger partial charge in [0.25, 0.3) is 11.8 Å². The number of benzodiazepines with no additional fused rings is 1. The van der Waals surface area contributed by atoms with Gasteiger partial charge in [-0.2, -0.15) is 0 Å². The predicted molar refractivity (Wildman–Crippen MR) is 161 cm³/mol. The predicted octanol–water partition coefficient (Wildman–Crippen LogP) is 0.752. The number of carbonyl (C=O) groups is 3. The van der Waals surface area contributed by atoms with E-state index in [0.29, 0.717) is 11.4 Å². The van der Waals surface area contributed by atoms with Gasteiger partial charge in [0.1, 0.15) is 30.5 Å². The number of primary amides is 1. The molecule has 0 unspecified atom stereocenters. The Hall–Kier alpha value is -5.55. The van der Waals surface area contributed by atoms with Gasteiger partial charge in [0.15, 0.2) is 6.23 Å². The topological polar surface area (TPSA) is 226 Å². The highest BCUT2D eigenvalue weighted by molar-refractivity contribution is 6.19. The van der Waals surface area contributed by atoms with Crippen molar-refractivity contribution in [2.75, 3.05) is 17.2 Å². The third kappa shape index (κ3) is 7.05. The maximum Gasteiger partial charge on any atom is 0.321 e. The van der Waals surface area contributed by atoms with Gasteiger partial charge in [-0.05, 0) is 18.2 Å². The van der Waals surface area contributed by atoms with Crippen molar-refractivity contribution in [3.05, 3.63) is 108 Å². The fourth-order valence-corrected chi connectivity index (χ4v) is 4.63. The summed E-state index contributed by atoms with van der Waals surface area (Å²) in [5.41, 5.74) is 7.69. The quantitative estimate of drug-likeness (QED) is 0.159. The van der Waals surface area contributed by atoms with E-state index in [1.54, 1.807) is 18.2 Å². The highest BCUT2D eigenvalue weighted by Crippen LogP contribution is 2.28. The molecule has 0 bridgehead atoms. The molecule has 0 spiro atoms. The molecule has 0 aliphatic carbocycles. The van der Waals surface area contributed by atoms with Crippen LogP contribution in [0.4, 0.5) is 20.6 Å². The first-order valence-electron chi connectivity index (χ1n) is 13.8. The van der Waals surface area contributed by atoms with Crippen LogP contribution in [0, 0.1) is 5.82 Å². The van der Waals surface area contributed by atoms with Crippen LogP contribution in [0.2, 0.25) is 0 Å². The number of aromatic nitrogens is 3. The van der Waals surface area contributed by atoms with Gasteiger partial charge in [-0.1, -0.05) is 60.7 Å². The molecule has 6 rings (SSSR count). The number of nitrogens with zero attached hydrogens (tertiary/aromatic N) is 4. The van der Waals surface area contributed by atoms with Gasteiger partial charge in [-0.3, -0.25) is 9.59 Å². The first kappa shape index (κ1) is 31.9. The van der Waals surface area contributed by atoms with Crippen molar-refractivity contribution in [3.63, 3.8) is 0 Å². The molecule has 15 nitrogen and oxygen atoms in total. The molecular formula is C30H29FN8O7. The number of aliphatic imine (C=N–C) groups is 1. The summed E-state index contributed by atoms with van der Waals surface area (Å²) in [4.78, 5) is 44.0. The van der Waals surface area contributed by atoms with Crippen molar-refractivity contribution in [2.24, 2.45) is 10.7 Å². The number of hydrogen-bond acceptors (Lipinski definition) is 10. The second-order valence-corrected chi connectivity index (χ2v) is 10.0. The molecule has 3 aromatic carbocycles. The van der Waals surface area contributed by atoms with E-state index in [1.807, 2.05) is 42.5 Å². The van der Waals surface area contributed by atoms with E-state index in [1.165, 1.54) is 18.2 Å². The zero-order valence-electron chi connectivity index (χ0n) is 23.9. The number of benzene rings is 3. The van der Waals surface area contributed by atoms with E-state index >= 15 is 0 Å². The standard InChI is InChI=1S/C22H17FN4O2.C8H12N4O5/c23-16-11-5-7-13-18(16)25-22(29)27-20-21(28)24-17-12-6-4-10-15(17)19(26-20)14-8-2-1-3-9-14;9-6(16)7-10-2-12(11-7)8-5(15)4(14)3(1-13)17-8/h1-13,20H,(H,24,28)(H2,25,27,29);2-5,8,13-15H,1H2,(H2,9,16)/t20-;3-,4-,5-,8-/m11/s1. The fraction of sp³-hybridized carbons (Fsp3) is 0.200. The highest BCUT2D eigenvalue weighted by Gasteiger charge is 2.44. The number of aliphatic hydroxyl groups is 3. The number of urea groups is 1. The van der Waals surface area contributed by atoms with E-state index in [2.05, 4.69) is 31.0 Å². The zero-order chi connectivity index (χ0) is 32.8. The number of para-hydroxylation sites is 2. The second-order valence-electron chi connectivity index (χ2n) is 10.0. The lowest BCUT2D eigenvalue weighted by atomic mass is 10.0. The molecule has 0 radical (unpaired) electrons. The molecule has 5 atom stereocenters. The number of ether oxygens (including phenoxy) is 1. The van der Waals surface area contributed by atoms with Gasteiger partial charge in [-0.15, -0.1) is 5.10 Å². The van der Waals surface area contributed by atoms with Crippen LogP contribution in [-0.2, 0) is 9.53 Å². The molecule has 16 heteroatoms. The van der Waals surface area contributed by atoms with E-state index in [9.17, 15) is 29.0 Å². The Morgan fingerprint density at radius 3 is 2.37 bits per heavy atom. The number of amides is 4. The molecule has 2 aliphatic rings. The van der Waals surface area contributed by atoms with Gasteiger partial charge in [0.2, 0.25) is 12.0 Å². The number of carbonyl (C=O) groups excluding carboxylic acids is 3. The fourth-order valence-electron chi connectivity index (χ4n) is 4.63. The molecule has 4 aromatic rings. The summed E-state index contributed by atoms with van der Waals surface area (Å²) < 4.78 is 20.0. The Morgan fingerprint density at radius 1 is 1.00 bits per heavy atom. The van der Waals surface area contributed by atoms with E-state index in [-0.39, 0.29) is 11.5 Å². The van der Waals surface area contributed by atoms with Crippen LogP contribution >= 0.6 is 0 Å². The van der Waals surface area contributed by atoms with Crippen LogP contribution in [0.3, 0.4) is 0 Å². The average molecular weight is 633 g/mol. The SMILES string of the molecule is NC(=O)c1ncn([C@@H]2O[C@H](CO)[C@@H](O)[C@H]2O)n1.O=C(Nc1ccccc1F)N[C@H]1N=C(c2ccccc2)c2ccccc2NC1=O. The smallest absolute Gasteiger partial charge is 0.321 e. The van der Waals surface area contributed by atoms with Crippen LogP contribution in [0.15, 0.2) is 90.2 Å². The summed E-state index contributed by atoms with van der Waals surface area (Å²) in [5, 5.41) is 39.5. The molecule has 3 heterocycles. The van der Waals surface area contributed by atoms with Gasteiger partial charge in [0, 0.05) is 11.1 Å². The van der Waals surface area contributed by atoms with Crippen molar-refractivity contribution in [3.8, 4) is 0 Å². The van der Waals surface area contributed by atoms with Crippen LogP contribution < -0.4 is 21.7 Å². The van der Waals surface area contributed by atoms with Crippen LogP contribution in [0.1, 0.15) is 28.0 Å². The molecule has 238 valence electrons. The number of nitrogens with two attached hydrogens (primary N) is 1. The highest BCUT2D eigenvalue weighted by atomic mass is 19.1. The average Bonchev–Trinajstić information content (AvgIpc) is 3.62. The molecule has 4 amide bonds. The number of aliphatic hydroxyl groups excluding tert-OH is 3. The van der Waals surface area contributed by atoms with E-state index in [0.717, 1.165) is 22.1 Å². The third-order valence-electron chi connectivity index (χ3n) is 6.89. The summed E-state index contributed by atoms with van der Waals surface area (Å²) in [6, 6.07) is 21.7. The Labute approximate surface area is 260 Å². The Bertz CT molecular complexity index is 1750. The Morgan fingerprint density at radius 2 is 1.70 bits per heavy atom. The zero-order valence-corrected chi connectivity index (χ0v) is 23.9. The molecule has 1 aromatic heterocycles. The summed E-state index contributed by atoms with van der Waals surface area (Å²) in [6.07, 6.45) is -4.45. The monoisotopic (exact) mass is 632 g/mol. The van der Waals surface area contributed by atoms with Crippen LogP contribution in [0.5, 0.6) is 0 Å². The van der Waals surface area contributed by atoms with Crippen LogP contribution in [0.25, 0.3) is 0 Å². The lowest BCUT2D eigenvalue weighted by Gasteiger charge is -2.14. The lowest BCUT2D eigenvalue weighted by Crippen LogP contribution is -2.44. The van der Waals surface area contributed by atoms with Crippen LogP contribution in [-0.4, -0.2) is 84.7 Å². The van der Waals surface area contributed by atoms with Crippen molar-refractivity contribution in [2.45, 2.75) is 30.7 Å². The molecule has 1 saturated heterocycles. The van der Waals surface area contributed by atoms with Crippen molar-refractivity contribution in [1.82, 2.24) is 20.1 Å². The normalized spacial score (nSPS) is 21.9. The minimum Gasteiger partial charge on any atom is -0.394 e. The lowest BCUT2D eigenvalue weighted by molar-refractivity contribution is -0.117. The molecule has 2 aliphatic heterocycles. The second kappa shape index (κ2) is 14.0. The minimum atomic E-state index is -1.27. The Balaban J connectivity index is 0.000000209. The molecule has 46 heavy (non-hydrogen) atoms. The summed E-state index contributed by atoms with van der Waals surface area (Å²) in [6.45, 7) is -0.438. The number of nitrogens with one attached hydrogen (secondary N) is 3. The van der Waals surface area contributed by atoms with Gasteiger partial charge in [0.05, 0.1) is 23.7 Å². The number of halogens is 1.